The number of fused-ring (bicyclic) bond motifs is 1. The molecule has 2 aromatic rings. The molecule has 2 heterocycles. The van der Waals surface area contributed by atoms with Crippen LogP contribution in [0, 0.1) is 0 Å². The average molecular weight is 261 g/mol. The SMILES string of the molecule is Cn1cnnc1Sc1cc2c(cc1N)CC(=O)N2. The van der Waals surface area contributed by atoms with Crippen molar-refractivity contribution in [1.29, 1.82) is 0 Å². The van der Waals surface area contributed by atoms with Crippen LogP contribution in [-0.2, 0) is 18.3 Å². The van der Waals surface area contributed by atoms with E-state index in [4.69, 9.17) is 5.73 Å². The lowest BCUT2D eigenvalue weighted by molar-refractivity contribution is -0.115. The Balaban J connectivity index is 1.96. The summed E-state index contributed by atoms with van der Waals surface area (Å²) in [6.45, 7) is 0. The molecule has 0 spiro atoms. The van der Waals surface area contributed by atoms with E-state index in [0.29, 0.717) is 12.1 Å². The van der Waals surface area contributed by atoms with Crippen molar-refractivity contribution in [1.82, 2.24) is 14.8 Å². The first kappa shape index (κ1) is 11.1. The number of nitrogens with one attached hydrogen (secondary N) is 1. The van der Waals surface area contributed by atoms with Gasteiger partial charge in [0.25, 0.3) is 0 Å². The fourth-order valence-electron chi connectivity index (χ4n) is 1.83. The third-order valence-corrected chi connectivity index (χ3v) is 3.86. The molecular weight excluding hydrogens is 250 g/mol. The van der Waals surface area contributed by atoms with Crippen LogP contribution in [0.3, 0.4) is 0 Å². The van der Waals surface area contributed by atoms with Crippen LogP contribution in [0.5, 0.6) is 0 Å². The van der Waals surface area contributed by atoms with Gasteiger partial charge in [0.15, 0.2) is 5.16 Å². The van der Waals surface area contributed by atoms with Crippen molar-refractivity contribution in [3.63, 3.8) is 0 Å². The van der Waals surface area contributed by atoms with Crippen molar-refractivity contribution in [3.8, 4) is 0 Å². The van der Waals surface area contributed by atoms with Gasteiger partial charge < -0.3 is 15.6 Å². The van der Waals surface area contributed by atoms with Gasteiger partial charge in [-0.15, -0.1) is 10.2 Å². The van der Waals surface area contributed by atoms with Gasteiger partial charge in [-0.1, -0.05) is 0 Å². The average Bonchev–Trinajstić information content (AvgIpc) is 2.85. The highest BCUT2D eigenvalue weighted by molar-refractivity contribution is 7.99. The number of hydrogen-bond acceptors (Lipinski definition) is 5. The van der Waals surface area contributed by atoms with Crippen LogP contribution in [0.25, 0.3) is 0 Å². The summed E-state index contributed by atoms with van der Waals surface area (Å²) in [4.78, 5) is 12.2. The van der Waals surface area contributed by atoms with Crippen molar-refractivity contribution in [3.05, 3.63) is 24.0 Å². The Kier molecular flexibility index (Phi) is 2.48. The molecule has 6 nitrogen and oxygen atoms in total. The Morgan fingerprint density at radius 2 is 2.33 bits per heavy atom. The minimum absolute atomic E-state index is 0.00482. The number of benzene rings is 1. The number of nitrogens with zero attached hydrogens (tertiary/aromatic N) is 3. The monoisotopic (exact) mass is 261 g/mol. The number of carbonyl (C=O) groups is 1. The van der Waals surface area contributed by atoms with E-state index in [1.807, 2.05) is 23.7 Å². The summed E-state index contributed by atoms with van der Waals surface area (Å²) in [5.41, 5.74) is 8.42. The van der Waals surface area contributed by atoms with E-state index in [9.17, 15) is 4.79 Å². The van der Waals surface area contributed by atoms with E-state index < -0.39 is 0 Å². The molecule has 3 rings (SSSR count). The number of aryl methyl sites for hydroxylation is 1. The first-order chi connectivity index (χ1) is 8.63. The van der Waals surface area contributed by atoms with Crippen LogP contribution in [0.2, 0.25) is 0 Å². The van der Waals surface area contributed by atoms with Crippen LogP contribution in [-0.4, -0.2) is 20.7 Å². The quantitative estimate of drug-likeness (QED) is 0.789. The Bertz CT molecular complexity index is 636. The van der Waals surface area contributed by atoms with E-state index in [0.717, 1.165) is 21.3 Å². The van der Waals surface area contributed by atoms with Crippen LogP contribution in [0.4, 0.5) is 11.4 Å². The predicted octanol–water partition coefficient (Wildman–Crippen LogP) is 1.04. The number of carbonyl (C=O) groups excluding carboxylic acids is 1. The molecule has 92 valence electrons. The second kappa shape index (κ2) is 4.02. The molecule has 3 N–H and O–H groups in total. The summed E-state index contributed by atoms with van der Waals surface area (Å²) in [5.74, 6) is 0.00482. The summed E-state index contributed by atoms with van der Waals surface area (Å²) in [6, 6.07) is 3.72. The molecule has 1 aliphatic heterocycles. The summed E-state index contributed by atoms with van der Waals surface area (Å²) in [7, 11) is 1.87. The van der Waals surface area contributed by atoms with Crippen LogP contribution in [0.15, 0.2) is 28.5 Å². The number of hydrogen-bond donors (Lipinski definition) is 2. The van der Waals surface area contributed by atoms with Crippen molar-refractivity contribution < 1.29 is 4.79 Å². The number of nitrogen functional groups attached to an aromatic ring is 1. The Morgan fingerprint density at radius 3 is 3.06 bits per heavy atom. The maximum Gasteiger partial charge on any atom is 0.228 e. The zero-order valence-electron chi connectivity index (χ0n) is 9.67. The van der Waals surface area contributed by atoms with Crippen LogP contribution in [0.1, 0.15) is 5.56 Å². The number of nitrogens with two attached hydrogens (primary N) is 1. The highest BCUT2D eigenvalue weighted by atomic mass is 32.2. The zero-order valence-corrected chi connectivity index (χ0v) is 10.5. The molecule has 0 saturated heterocycles. The topological polar surface area (TPSA) is 85.8 Å². The molecule has 1 amide bonds. The lowest BCUT2D eigenvalue weighted by atomic mass is 10.1. The molecule has 1 aromatic carbocycles. The van der Waals surface area contributed by atoms with Gasteiger partial charge in [0, 0.05) is 23.3 Å². The molecule has 1 aromatic heterocycles. The van der Waals surface area contributed by atoms with Gasteiger partial charge in [0.2, 0.25) is 5.91 Å². The minimum Gasteiger partial charge on any atom is -0.398 e. The lowest BCUT2D eigenvalue weighted by Crippen LogP contribution is -2.03. The van der Waals surface area contributed by atoms with Crippen molar-refractivity contribution in [2.24, 2.45) is 7.05 Å². The molecule has 0 radical (unpaired) electrons. The predicted molar refractivity (Wildman–Crippen MR) is 68.3 cm³/mol. The maximum absolute atomic E-state index is 11.3. The van der Waals surface area contributed by atoms with Gasteiger partial charge >= 0.3 is 0 Å². The standard InChI is InChI=1S/C11H11N5OS/c1-16-5-13-15-11(16)18-9-4-8-6(2-7(9)12)3-10(17)14-8/h2,4-5H,3,12H2,1H3,(H,14,17). The maximum atomic E-state index is 11.3. The lowest BCUT2D eigenvalue weighted by Gasteiger charge is -2.07. The summed E-state index contributed by atoms with van der Waals surface area (Å²) in [5, 5.41) is 11.4. The minimum atomic E-state index is 0.00482. The van der Waals surface area contributed by atoms with E-state index in [1.54, 1.807) is 6.33 Å². The highest BCUT2D eigenvalue weighted by Gasteiger charge is 2.20. The second-order valence-electron chi connectivity index (χ2n) is 4.10. The molecule has 7 heteroatoms. The molecular formula is C11H11N5OS. The summed E-state index contributed by atoms with van der Waals surface area (Å²) in [6.07, 6.45) is 2.03. The summed E-state index contributed by atoms with van der Waals surface area (Å²) >= 11 is 1.43. The van der Waals surface area contributed by atoms with Gasteiger partial charge in [-0.3, -0.25) is 4.79 Å². The van der Waals surface area contributed by atoms with Crippen LogP contribution < -0.4 is 11.1 Å². The molecule has 0 fully saturated rings. The van der Waals surface area contributed by atoms with Gasteiger partial charge in [-0.05, 0) is 29.5 Å². The zero-order chi connectivity index (χ0) is 12.7. The number of anilines is 2. The third kappa shape index (κ3) is 1.82. The van der Waals surface area contributed by atoms with Gasteiger partial charge in [0.05, 0.1) is 6.42 Å². The molecule has 0 bridgehead atoms. The fraction of sp³-hybridized carbons (Fsp3) is 0.182. The largest absolute Gasteiger partial charge is 0.398 e. The van der Waals surface area contributed by atoms with E-state index >= 15 is 0 Å². The first-order valence-electron chi connectivity index (χ1n) is 5.37. The smallest absolute Gasteiger partial charge is 0.228 e. The van der Waals surface area contributed by atoms with E-state index in [2.05, 4.69) is 15.5 Å². The highest BCUT2D eigenvalue weighted by Crippen LogP contribution is 2.36. The molecule has 0 atom stereocenters. The first-order valence-corrected chi connectivity index (χ1v) is 6.19. The van der Waals surface area contributed by atoms with Crippen molar-refractivity contribution in [2.75, 3.05) is 11.1 Å². The second-order valence-corrected chi connectivity index (χ2v) is 5.11. The van der Waals surface area contributed by atoms with E-state index in [-0.39, 0.29) is 5.91 Å². The molecule has 1 aliphatic rings. The fourth-order valence-corrected chi connectivity index (χ4v) is 2.65. The molecule has 0 saturated carbocycles. The van der Waals surface area contributed by atoms with Crippen LogP contribution >= 0.6 is 11.8 Å². The van der Waals surface area contributed by atoms with E-state index in [1.165, 1.54) is 11.8 Å². The molecule has 0 unspecified atom stereocenters. The Labute approximate surface area is 108 Å². The van der Waals surface area contributed by atoms with Gasteiger partial charge in [-0.25, -0.2) is 0 Å². The molecule has 18 heavy (non-hydrogen) atoms. The number of amides is 1. The normalized spacial score (nSPS) is 13.5. The Hall–Kier alpha value is -2.02. The molecule has 0 aliphatic carbocycles. The van der Waals surface area contributed by atoms with Crippen molar-refractivity contribution >= 4 is 29.0 Å². The number of rotatable bonds is 2. The van der Waals surface area contributed by atoms with Crippen molar-refractivity contribution in [2.45, 2.75) is 16.5 Å². The van der Waals surface area contributed by atoms with Gasteiger partial charge in [0.1, 0.15) is 6.33 Å². The third-order valence-electron chi connectivity index (χ3n) is 2.73. The summed E-state index contributed by atoms with van der Waals surface area (Å²) < 4.78 is 1.82. The number of aromatic nitrogens is 3. The van der Waals surface area contributed by atoms with Gasteiger partial charge in [-0.2, -0.15) is 0 Å². The Morgan fingerprint density at radius 1 is 1.50 bits per heavy atom.